The summed E-state index contributed by atoms with van der Waals surface area (Å²) in [5, 5.41) is 0. The number of hydrogen-bond donors (Lipinski definition) is 2. The molecule has 4 nitrogen and oxygen atoms in total. The van der Waals surface area contributed by atoms with Gasteiger partial charge in [-0.3, -0.25) is 4.79 Å². The highest BCUT2D eigenvalue weighted by atomic mass is 32.1. The van der Waals surface area contributed by atoms with Crippen LogP contribution in [0.5, 0.6) is 5.75 Å². The fraction of sp³-hybridized carbons (Fsp3) is 0.312. The van der Waals surface area contributed by atoms with E-state index in [1.807, 2.05) is 32.3 Å². The second-order valence-electron chi connectivity index (χ2n) is 5.32. The molecule has 1 aromatic heterocycles. The van der Waals surface area contributed by atoms with Crippen molar-refractivity contribution in [3.8, 4) is 16.9 Å². The Labute approximate surface area is 130 Å². The molecule has 1 aromatic carbocycles. The summed E-state index contributed by atoms with van der Waals surface area (Å²) >= 11 is 4.57. The van der Waals surface area contributed by atoms with E-state index in [0.717, 1.165) is 33.9 Å². The van der Waals surface area contributed by atoms with E-state index in [1.54, 1.807) is 20.2 Å². The van der Waals surface area contributed by atoms with Gasteiger partial charge in [-0.25, -0.2) is 0 Å². The van der Waals surface area contributed by atoms with E-state index in [1.165, 1.54) is 0 Å². The van der Waals surface area contributed by atoms with Crippen molar-refractivity contribution in [2.45, 2.75) is 18.4 Å². The summed E-state index contributed by atoms with van der Waals surface area (Å²) in [6.45, 7) is 2.58. The highest BCUT2D eigenvalue weighted by molar-refractivity contribution is 7.80. The minimum Gasteiger partial charge on any atom is -0.496 e. The quantitative estimate of drug-likeness (QED) is 0.854. The van der Waals surface area contributed by atoms with Crippen molar-refractivity contribution in [1.82, 2.24) is 9.88 Å². The van der Waals surface area contributed by atoms with Crippen LogP contribution in [0.25, 0.3) is 11.1 Å². The maximum Gasteiger partial charge on any atom is 0.250 e. The monoisotopic (exact) mass is 304 g/mol. The molecule has 1 N–H and O–H groups in total. The Morgan fingerprint density at radius 2 is 2.00 bits per heavy atom. The average Bonchev–Trinajstić information content (AvgIpc) is 2.43. The number of thiol groups is 1. The minimum atomic E-state index is -0.0759. The lowest BCUT2D eigenvalue weighted by molar-refractivity contribution is 0.392. The van der Waals surface area contributed by atoms with Gasteiger partial charge < -0.3 is 14.6 Å². The van der Waals surface area contributed by atoms with Gasteiger partial charge >= 0.3 is 0 Å². The molecule has 112 valence electrons. The number of aromatic nitrogens is 1. The molecule has 1 heterocycles. The third kappa shape index (κ3) is 3.49. The van der Waals surface area contributed by atoms with E-state index in [-0.39, 0.29) is 5.56 Å². The summed E-state index contributed by atoms with van der Waals surface area (Å²) in [7, 11) is 5.67. The summed E-state index contributed by atoms with van der Waals surface area (Å²) in [6, 6.07) is 5.83. The van der Waals surface area contributed by atoms with E-state index < -0.39 is 0 Å². The van der Waals surface area contributed by atoms with Gasteiger partial charge in [-0.2, -0.15) is 0 Å². The van der Waals surface area contributed by atoms with Crippen LogP contribution in [0.1, 0.15) is 11.1 Å². The topological polar surface area (TPSA) is 45.3 Å². The molecule has 0 bridgehead atoms. The average molecular weight is 304 g/mol. The van der Waals surface area contributed by atoms with Crippen LogP contribution in [0, 0.1) is 6.92 Å². The highest BCUT2D eigenvalue weighted by Gasteiger charge is 2.12. The van der Waals surface area contributed by atoms with E-state index in [2.05, 4.69) is 22.5 Å². The smallest absolute Gasteiger partial charge is 0.250 e. The number of benzene rings is 1. The fourth-order valence-electron chi connectivity index (χ4n) is 2.23. The maximum atomic E-state index is 11.5. The number of methoxy groups -OCH3 is 1. The van der Waals surface area contributed by atoms with Gasteiger partial charge in [-0.05, 0) is 44.8 Å². The molecule has 0 aliphatic rings. The number of rotatable bonds is 4. The predicted octanol–water partition coefficient (Wildman–Crippen LogP) is 2.71. The van der Waals surface area contributed by atoms with Crippen LogP contribution in [-0.4, -0.2) is 31.1 Å². The van der Waals surface area contributed by atoms with Crippen LogP contribution < -0.4 is 10.3 Å². The Bertz CT molecular complexity index is 708. The zero-order valence-corrected chi connectivity index (χ0v) is 13.6. The van der Waals surface area contributed by atoms with Crippen LogP contribution in [0.2, 0.25) is 0 Å². The highest BCUT2D eigenvalue weighted by Crippen LogP contribution is 2.34. The zero-order chi connectivity index (χ0) is 15.6. The molecule has 2 rings (SSSR count). The van der Waals surface area contributed by atoms with E-state index in [0.29, 0.717) is 5.56 Å². The predicted molar refractivity (Wildman–Crippen MR) is 88.4 cm³/mol. The first kappa shape index (κ1) is 15.7. The first-order valence-corrected chi connectivity index (χ1v) is 7.11. The number of aryl methyl sites for hydroxylation is 1. The number of pyridine rings is 1. The van der Waals surface area contributed by atoms with Gasteiger partial charge in [-0.15, -0.1) is 12.6 Å². The van der Waals surface area contributed by atoms with Crippen molar-refractivity contribution in [1.29, 1.82) is 0 Å². The maximum absolute atomic E-state index is 11.5. The number of hydrogen-bond acceptors (Lipinski definition) is 4. The van der Waals surface area contributed by atoms with Crippen molar-refractivity contribution in [3.63, 3.8) is 0 Å². The van der Waals surface area contributed by atoms with E-state index in [4.69, 9.17) is 4.74 Å². The number of ether oxygens (including phenoxy) is 1. The molecule has 0 atom stereocenters. The summed E-state index contributed by atoms with van der Waals surface area (Å²) < 4.78 is 5.50. The molecule has 0 radical (unpaired) electrons. The van der Waals surface area contributed by atoms with Gasteiger partial charge in [0.1, 0.15) is 5.75 Å². The molecule has 21 heavy (non-hydrogen) atoms. The molecule has 0 amide bonds. The molecule has 5 heteroatoms. The first-order chi connectivity index (χ1) is 9.92. The summed E-state index contributed by atoms with van der Waals surface area (Å²) in [4.78, 5) is 17.2. The third-order valence-corrected chi connectivity index (χ3v) is 3.70. The largest absolute Gasteiger partial charge is 0.496 e. The van der Waals surface area contributed by atoms with Crippen LogP contribution >= 0.6 is 12.6 Å². The van der Waals surface area contributed by atoms with Crippen molar-refractivity contribution < 1.29 is 4.74 Å². The number of aromatic amines is 1. The molecule has 0 aliphatic carbocycles. The van der Waals surface area contributed by atoms with Gasteiger partial charge in [0.15, 0.2) is 0 Å². The molecule has 0 saturated carbocycles. The van der Waals surface area contributed by atoms with Gasteiger partial charge in [0.25, 0.3) is 5.56 Å². The fourth-order valence-corrected chi connectivity index (χ4v) is 2.49. The van der Waals surface area contributed by atoms with Gasteiger partial charge in [0.05, 0.1) is 7.11 Å². The Kier molecular flexibility index (Phi) is 4.75. The zero-order valence-electron chi connectivity index (χ0n) is 12.7. The van der Waals surface area contributed by atoms with Crippen LogP contribution in [0.3, 0.4) is 0 Å². The van der Waals surface area contributed by atoms with Crippen molar-refractivity contribution in [3.05, 3.63) is 45.9 Å². The third-order valence-electron chi connectivity index (χ3n) is 3.29. The number of nitrogens with one attached hydrogen (secondary N) is 1. The van der Waals surface area contributed by atoms with Crippen molar-refractivity contribution >= 4 is 12.6 Å². The van der Waals surface area contributed by atoms with Crippen LogP contribution in [0.4, 0.5) is 0 Å². The molecule has 0 aliphatic heterocycles. The van der Waals surface area contributed by atoms with Crippen molar-refractivity contribution in [2.24, 2.45) is 0 Å². The van der Waals surface area contributed by atoms with E-state index in [9.17, 15) is 4.79 Å². The molecule has 0 unspecified atom stereocenters. The minimum absolute atomic E-state index is 0.0759. The second-order valence-corrected chi connectivity index (χ2v) is 5.80. The van der Waals surface area contributed by atoms with E-state index >= 15 is 0 Å². The first-order valence-electron chi connectivity index (χ1n) is 6.66. The molecule has 0 saturated heterocycles. The second kappa shape index (κ2) is 6.37. The molecular formula is C16H20N2O2S. The Hall–Kier alpha value is -1.72. The molecule has 2 aromatic rings. The lowest BCUT2D eigenvalue weighted by atomic mass is 10.0. The Morgan fingerprint density at radius 3 is 2.57 bits per heavy atom. The number of nitrogens with zero attached hydrogens (tertiary/aromatic N) is 1. The lowest BCUT2D eigenvalue weighted by Gasteiger charge is -2.16. The Balaban J connectivity index is 2.55. The lowest BCUT2D eigenvalue weighted by Crippen LogP contribution is -2.11. The van der Waals surface area contributed by atoms with Gasteiger partial charge in [0, 0.05) is 34.3 Å². The van der Waals surface area contributed by atoms with Crippen LogP contribution in [0.15, 0.2) is 34.1 Å². The number of H-pyrrole nitrogens is 1. The van der Waals surface area contributed by atoms with Gasteiger partial charge in [0.2, 0.25) is 0 Å². The van der Waals surface area contributed by atoms with Gasteiger partial charge in [-0.1, -0.05) is 0 Å². The normalized spacial score (nSPS) is 11.0. The molecular weight excluding hydrogens is 284 g/mol. The van der Waals surface area contributed by atoms with Crippen molar-refractivity contribution in [2.75, 3.05) is 21.2 Å². The summed E-state index contributed by atoms with van der Waals surface area (Å²) in [5.74, 6) is 0.774. The standard InChI is InChI=1S/C16H20N2O2S/c1-10-5-11(8-17-16(10)19)13-7-15(21)12(9-18(2)3)6-14(13)20-4/h5-8,21H,9H2,1-4H3,(H,17,19). The van der Waals surface area contributed by atoms with Crippen LogP contribution in [-0.2, 0) is 6.54 Å². The molecule has 0 fully saturated rings. The summed E-state index contributed by atoms with van der Waals surface area (Å²) in [5.41, 5.74) is 3.53. The summed E-state index contributed by atoms with van der Waals surface area (Å²) in [6.07, 6.45) is 1.70. The molecule has 0 spiro atoms. The SMILES string of the molecule is COc1cc(CN(C)C)c(S)cc1-c1c[nH]c(=O)c(C)c1. The Morgan fingerprint density at radius 1 is 1.29 bits per heavy atom.